The first-order valence-corrected chi connectivity index (χ1v) is 11.7. The monoisotopic (exact) mass is 449 g/mol. The zero-order valence-corrected chi connectivity index (χ0v) is 20.1. The third kappa shape index (κ3) is 5.66. The minimum absolute atomic E-state index is 0.420. The Hall–Kier alpha value is -3.06. The van der Waals surface area contributed by atoms with E-state index in [2.05, 4.69) is 33.7 Å². The number of hydrogen-bond acceptors (Lipinski definition) is 7. The molecule has 1 aliphatic rings. The van der Waals surface area contributed by atoms with E-state index < -0.39 is 0 Å². The fraction of sp³-hybridized carbons (Fsp3) is 0.462. The maximum absolute atomic E-state index is 5.41. The van der Waals surface area contributed by atoms with Crippen LogP contribution in [0.5, 0.6) is 11.5 Å². The van der Waals surface area contributed by atoms with E-state index in [9.17, 15) is 0 Å². The summed E-state index contributed by atoms with van der Waals surface area (Å²) in [6.07, 6.45) is 4.67. The molecule has 1 aliphatic carbocycles. The number of hydrogen-bond donors (Lipinski definition) is 2. The smallest absolute Gasteiger partial charge is 0.225 e. The van der Waals surface area contributed by atoms with Gasteiger partial charge in [0.1, 0.15) is 5.82 Å². The highest BCUT2D eigenvalue weighted by Gasteiger charge is 2.22. The summed E-state index contributed by atoms with van der Waals surface area (Å²) in [6.45, 7) is 1.86. The molecule has 0 unspecified atom stereocenters. The molecule has 7 heteroatoms. The van der Waals surface area contributed by atoms with Crippen molar-refractivity contribution in [3.63, 3.8) is 0 Å². The van der Waals surface area contributed by atoms with Crippen LogP contribution in [0.2, 0.25) is 0 Å². The van der Waals surface area contributed by atoms with E-state index in [1.807, 2.05) is 38.4 Å². The molecule has 0 aliphatic heterocycles. The first-order chi connectivity index (χ1) is 16.1. The van der Waals surface area contributed by atoms with Crippen molar-refractivity contribution in [1.29, 1.82) is 0 Å². The highest BCUT2D eigenvalue weighted by molar-refractivity contribution is 5.90. The lowest BCUT2D eigenvalue weighted by Gasteiger charge is -2.29. The Morgan fingerprint density at radius 1 is 0.939 bits per heavy atom. The van der Waals surface area contributed by atoms with Gasteiger partial charge in [0.15, 0.2) is 11.5 Å². The SMILES string of the molecule is COc1ccc(CNCC2CCC(Nc3nc(N(C)C)c4ccccc4n3)CC2)cc1OC. The summed E-state index contributed by atoms with van der Waals surface area (Å²) in [5.74, 6) is 3.92. The van der Waals surface area contributed by atoms with E-state index in [-0.39, 0.29) is 0 Å². The van der Waals surface area contributed by atoms with Crippen LogP contribution in [0.25, 0.3) is 10.9 Å². The van der Waals surface area contributed by atoms with E-state index in [1.165, 1.54) is 18.4 Å². The fourth-order valence-electron chi connectivity index (χ4n) is 4.57. The van der Waals surface area contributed by atoms with E-state index in [4.69, 9.17) is 19.4 Å². The third-order valence-electron chi connectivity index (χ3n) is 6.40. The van der Waals surface area contributed by atoms with Gasteiger partial charge in [0.2, 0.25) is 5.95 Å². The average molecular weight is 450 g/mol. The van der Waals surface area contributed by atoms with Gasteiger partial charge in [-0.3, -0.25) is 0 Å². The van der Waals surface area contributed by atoms with Gasteiger partial charge in [-0.1, -0.05) is 18.2 Å². The molecular formula is C26H35N5O2. The van der Waals surface area contributed by atoms with E-state index in [1.54, 1.807) is 14.2 Å². The minimum atomic E-state index is 0.420. The zero-order valence-electron chi connectivity index (χ0n) is 20.1. The predicted molar refractivity (Wildman–Crippen MR) is 134 cm³/mol. The van der Waals surface area contributed by atoms with Gasteiger partial charge in [0.25, 0.3) is 0 Å². The lowest BCUT2D eigenvalue weighted by Crippen LogP contribution is -2.31. The van der Waals surface area contributed by atoms with Crippen LogP contribution >= 0.6 is 0 Å². The highest BCUT2D eigenvalue weighted by Crippen LogP contribution is 2.29. The van der Waals surface area contributed by atoms with E-state index >= 15 is 0 Å². The van der Waals surface area contributed by atoms with Gasteiger partial charge in [-0.25, -0.2) is 4.98 Å². The first kappa shape index (κ1) is 23.1. The normalized spacial score (nSPS) is 18.2. The molecule has 2 aromatic carbocycles. The maximum Gasteiger partial charge on any atom is 0.225 e. The maximum atomic E-state index is 5.41. The van der Waals surface area contributed by atoms with Crippen LogP contribution < -0.4 is 25.0 Å². The summed E-state index contributed by atoms with van der Waals surface area (Å²) in [5.41, 5.74) is 2.18. The number of fused-ring (bicyclic) bond motifs is 1. The number of anilines is 2. The molecular weight excluding hydrogens is 414 g/mol. The molecule has 1 heterocycles. The second-order valence-electron chi connectivity index (χ2n) is 8.96. The standard InChI is InChI=1S/C26H35N5O2/c1-31(2)25-21-7-5-6-8-22(21)29-26(30-25)28-20-12-9-18(10-13-20)16-27-17-19-11-14-23(32-3)24(15-19)33-4/h5-8,11,14-15,18,20,27H,9-10,12-13,16-17H2,1-4H3,(H,28,29,30). The Labute approximate surface area is 196 Å². The van der Waals surface area contributed by atoms with Crippen LogP contribution in [-0.4, -0.2) is 50.9 Å². The summed E-state index contributed by atoms with van der Waals surface area (Å²) in [7, 11) is 7.39. The number of methoxy groups -OCH3 is 2. The number of ether oxygens (including phenoxy) is 2. The molecule has 0 saturated heterocycles. The second kappa shape index (κ2) is 10.7. The molecule has 1 fully saturated rings. The first-order valence-electron chi connectivity index (χ1n) is 11.7. The Kier molecular flexibility index (Phi) is 7.50. The Morgan fingerprint density at radius 2 is 1.70 bits per heavy atom. The molecule has 0 atom stereocenters. The number of rotatable bonds is 9. The van der Waals surface area contributed by atoms with Gasteiger partial charge >= 0.3 is 0 Å². The molecule has 0 spiro atoms. The molecule has 4 rings (SSSR count). The average Bonchev–Trinajstić information content (AvgIpc) is 2.84. The summed E-state index contributed by atoms with van der Waals surface area (Å²) in [6, 6.07) is 14.7. The van der Waals surface area contributed by atoms with Crippen molar-refractivity contribution >= 4 is 22.7 Å². The summed E-state index contributed by atoms with van der Waals surface area (Å²) >= 11 is 0. The van der Waals surface area contributed by atoms with Crippen molar-refractivity contribution in [3.8, 4) is 11.5 Å². The number of aromatic nitrogens is 2. The quantitative estimate of drug-likeness (QED) is 0.499. The number of nitrogens with zero attached hydrogens (tertiary/aromatic N) is 3. The molecule has 7 nitrogen and oxygen atoms in total. The lowest BCUT2D eigenvalue weighted by molar-refractivity contribution is 0.323. The van der Waals surface area contributed by atoms with Crippen LogP contribution in [0.4, 0.5) is 11.8 Å². The second-order valence-corrected chi connectivity index (χ2v) is 8.96. The van der Waals surface area contributed by atoms with Crippen molar-refractivity contribution in [2.45, 2.75) is 38.3 Å². The molecule has 176 valence electrons. The van der Waals surface area contributed by atoms with Crippen LogP contribution in [0, 0.1) is 5.92 Å². The van der Waals surface area contributed by atoms with Crippen molar-refractivity contribution in [2.24, 2.45) is 5.92 Å². The van der Waals surface area contributed by atoms with Crippen molar-refractivity contribution in [3.05, 3.63) is 48.0 Å². The summed E-state index contributed by atoms with van der Waals surface area (Å²) in [4.78, 5) is 11.6. The highest BCUT2D eigenvalue weighted by atomic mass is 16.5. The largest absolute Gasteiger partial charge is 0.493 e. The molecule has 1 saturated carbocycles. The van der Waals surface area contributed by atoms with E-state index in [0.717, 1.165) is 60.1 Å². The fourth-order valence-corrected chi connectivity index (χ4v) is 4.57. The number of benzene rings is 2. The number of nitrogens with one attached hydrogen (secondary N) is 2. The van der Waals surface area contributed by atoms with Gasteiger partial charge < -0.3 is 25.0 Å². The summed E-state index contributed by atoms with van der Waals surface area (Å²) < 4.78 is 10.7. The Morgan fingerprint density at radius 3 is 2.42 bits per heavy atom. The van der Waals surface area contributed by atoms with Gasteiger partial charge in [0.05, 0.1) is 19.7 Å². The third-order valence-corrected chi connectivity index (χ3v) is 6.40. The lowest BCUT2D eigenvalue weighted by atomic mass is 9.86. The zero-order chi connectivity index (χ0) is 23.2. The number of para-hydroxylation sites is 1. The molecule has 0 amide bonds. The minimum Gasteiger partial charge on any atom is -0.493 e. The van der Waals surface area contributed by atoms with Gasteiger partial charge in [0, 0.05) is 32.1 Å². The van der Waals surface area contributed by atoms with Crippen LogP contribution in [0.3, 0.4) is 0 Å². The van der Waals surface area contributed by atoms with E-state index in [0.29, 0.717) is 12.0 Å². The van der Waals surface area contributed by atoms with Crippen LogP contribution in [0.15, 0.2) is 42.5 Å². The van der Waals surface area contributed by atoms with Crippen LogP contribution in [0.1, 0.15) is 31.2 Å². The van der Waals surface area contributed by atoms with Crippen molar-refractivity contribution < 1.29 is 9.47 Å². The van der Waals surface area contributed by atoms with Crippen molar-refractivity contribution in [1.82, 2.24) is 15.3 Å². The van der Waals surface area contributed by atoms with Gasteiger partial charge in [-0.2, -0.15) is 4.98 Å². The van der Waals surface area contributed by atoms with Crippen LogP contribution in [-0.2, 0) is 6.54 Å². The molecule has 0 radical (unpaired) electrons. The van der Waals surface area contributed by atoms with Crippen molar-refractivity contribution in [2.75, 3.05) is 45.1 Å². The Bertz CT molecular complexity index is 1060. The molecule has 2 N–H and O–H groups in total. The van der Waals surface area contributed by atoms with Gasteiger partial charge in [-0.05, 0) is 68.0 Å². The molecule has 0 bridgehead atoms. The Balaban J connectivity index is 1.27. The summed E-state index contributed by atoms with van der Waals surface area (Å²) in [5, 5.41) is 8.30. The van der Waals surface area contributed by atoms with Gasteiger partial charge in [-0.15, -0.1) is 0 Å². The predicted octanol–water partition coefficient (Wildman–Crippen LogP) is 4.47. The molecule has 33 heavy (non-hydrogen) atoms. The molecule has 1 aromatic heterocycles. The topological polar surface area (TPSA) is 71.5 Å². The molecule has 3 aromatic rings.